The minimum atomic E-state index is -0.283. The molecule has 1 aromatic heterocycles. The molecule has 2 aromatic rings. The van der Waals surface area contributed by atoms with Gasteiger partial charge in [0.05, 0.1) is 12.1 Å². The molecule has 0 atom stereocenters. The van der Waals surface area contributed by atoms with Crippen molar-refractivity contribution in [2.24, 2.45) is 0 Å². The predicted octanol–water partition coefficient (Wildman–Crippen LogP) is 3.10. The molecule has 0 aliphatic heterocycles. The summed E-state index contributed by atoms with van der Waals surface area (Å²) < 4.78 is 5.13. The van der Waals surface area contributed by atoms with Crippen LogP contribution in [0.5, 0.6) is 0 Å². The summed E-state index contributed by atoms with van der Waals surface area (Å²) in [6, 6.07) is 9.47. The van der Waals surface area contributed by atoms with Gasteiger partial charge in [-0.1, -0.05) is 25.1 Å². The lowest BCUT2D eigenvalue weighted by molar-refractivity contribution is -0.114. The van der Waals surface area contributed by atoms with Gasteiger partial charge in [0, 0.05) is 24.5 Å². The standard InChI is InChI=1S/C17H17NO3/c1-3-14(19)8-9-16(20)17-13(11-21-2)10-12-6-4-5-7-15(12)18-17/h4-10H,3,11H2,1-2H3/b9-8+. The maximum Gasteiger partial charge on any atom is 0.204 e. The number of methoxy groups -OCH3 is 1. The molecule has 0 bridgehead atoms. The molecule has 0 spiro atoms. The largest absolute Gasteiger partial charge is 0.380 e. The molecule has 108 valence electrons. The molecule has 0 radical (unpaired) electrons. The van der Waals surface area contributed by atoms with Crippen LogP contribution in [0.25, 0.3) is 10.9 Å². The highest BCUT2D eigenvalue weighted by Gasteiger charge is 2.12. The number of hydrogen-bond acceptors (Lipinski definition) is 4. The molecular weight excluding hydrogens is 266 g/mol. The van der Waals surface area contributed by atoms with Crippen molar-refractivity contribution in [3.63, 3.8) is 0 Å². The minimum Gasteiger partial charge on any atom is -0.380 e. The van der Waals surface area contributed by atoms with Crippen LogP contribution in [0.3, 0.4) is 0 Å². The Balaban J connectivity index is 2.44. The predicted molar refractivity (Wildman–Crippen MR) is 81.2 cm³/mol. The maximum absolute atomic E-state index is 12.2. The highest BCUT2D eigenvalue weighted by atomic mass is 16.5. The first-order chi connectivity index (χ1) is 10.2. The van der Waals surface area contributed by atoms with Crippen molar-refractivity contribution in [2.75, 3.05) is 7.11 Å². The fourth-order valence-electron chi connectivity index (χ4n) is 2.00. The summed E-state index contributed by atoms with van der Waals surface area (Å²) in [5, 5.41) is 0.953. The fourth-order valence-corrected chi connectivity index (χ4v) is 2.00. The second-order valence-electron chi connectivity index (χ2n) is 4.64. The van der Waals surface area contributed by atoms with Gasteiger partial charge in [0.15, 0.2) is 5.78 Å². The van der Waals surface area contributed by atoms with Crippen molar-refractivity contribution in [1.29, 1.82) is 0 Å². The first kappa shape index (κ1) is 15.1. The van der Waals surface area contributed by atoms with E-state index in [1.165, 1.54) is 12.2 Å². The van der Waals surface area contributed by atoms with Gasteiger partial charge in [-0.15, -0.1) is 0 Å². The van der Waals surface area contributed by atoms with Crippen LogP contribution < -0.4 is 0 Å². The van der Waals surface area contributed by atoms with Crippen molar-refractivity contribution >= 4 is 22.5 Å². The lowest BCUT2D eigenvalue weighted by Crippen LogP contribution is -2.06. The maximum atomic E-state index is 12.2. The normalized spacial score (nSPS) is 11.1. The van der Waals surface area contributed by atoms with E-state index in [2.05, 4.69) is 4.98 Å². The van der Waals surface area contributed by atoms with Gasteiger partial charge in [0.2, 0.25) is 5.78 Å². The number of para-hydroxylation sites is 1. The van der Waals surface area contributed by atoms with E-state index in [-0.39, 0.29) is 11.6 Å². The van der Waals surface area contributed by atoms with E-state index < -0.39 is 0 Å². The average Bonchev–Trinajstić information content (AvgIpc) is 2.51. The molecule has 0 saturated carbocycles. The summed E-state index contributed by atoms with van der Waals surface area (Å²) in [4.78, 5) is 27.9. The molecule has 21 heavy (non-hydrogen) atoms. The molecule has 0 aliphatic rings. The zero-order chi connectivity index (χ0) is 15.2. The number of allylic oxidation sites excluding steroid dienone is 2. The first-order valence-electron chi connectivity index (χ1n) is 6.78. The Morgan fingerprint density at radius 1 is 1.24 bits per heavy atom. The molecule has 0 N–H and O–H groups in total. The number of pyridine rings is 1. The third-order valence-corrected chi connectivity index (χ3v) is 3.11. The van der Waals surface area contributed by atoms with E-state index in [0.717, 1.165) is 16.5 Å². The van der Waals surface area contributed by atoms with Gasteiger partial charge in [0.25, 0.3) is 0 Å². The van der Waals surface area contributed by atoms with Gasteiger partial charge in [-0.2, -0.15) is 0 Å². The third kappa shape index (κ3) is 3.61. The van der Waals surface area contributed by atoms with E-state index in [9.17, 15) is 9.59 Å². The zero-order valence-electron chi connectivity index (χ0n) is 12.1. The molecule has 4 heteroatoms. The summed E-state index contributed by atoms with van der Waals surface area (Å²) in [6.45, 7) is 2.05. The molecule has 1 heterocycles. The Bertz CT molecular complexity index is 704. The van der Waals surface area contributed by atoms with Gasteiger partial charge in [-0.05, 0) is 24.3 Å². The van der Waals surface area contributed by atoms with Crippen LogP contribution in [0.1, 0.15) is 29.4 Å². The number of benzene rings is 1. The van der Waals surface area contributed by atoms with Crippen LogP contribution in [-0.4, -0.2) is 23.7 Å². The Hall–Kier alpha value is -2.33. The van der Waals surface area contributed by atoms with Gasteiger partial charge < -0.3 is 4.74 Å². The average molecular weight is 283 g/mol. The van der Waals surface area contributed by atoms with E-state index in [4.69, 9.17) is 4.74 Å². The number of carbonyl (C=O) groups is 2. The number of aromatic nitrogens is 1. The number of ketones is 2. The van der Waals surface area contributed by atoms with Crippen molar-refractivity contribution in [2.45, 2.75) is 20.0 Å². The third-order valence-electron chi connectivity index (χ3n) is 3.11. The molecule has 4 nitrogen and oxygen atoms in total. The summed E-state index contributed by atoms with van der Waals surface area (Å²) in [7, 11) is 1.57. The molecule has 0 aliphatic carbocycles. The van der Waals surface area contributed by atoms with E-state index in [1.807, 2.05) is 30.3 Å². The Morgan fingerprint density at radius 2 is 2.00 bits per heavy atom. The van der Waals surface area contributed by atoms with E-state index in [0.29, 0.717) is 18.7 Å². The lowest BCUT2D eigenvalue weighted by atomic mass is 10.1. The molecule has 2 rings (SSSR count). The van der Waals surface area contributed by atoms with Crippen LogP contribution in [0, 0.1) is 0 Å². The van der Waals surface area contributed by atoms with Crippen molar-refractivity contribution in [3.05, 3.63) is 53.7 Å². The number of fused-ring (bicyclic) bond motifs is 1. The monoisotopic (exact) mass is 283 g/mol. The molecule has 0 saturated heterocycles. The minimum absolute atomic E-state index is 0.0857. The fraction of sp³-hybridized carbons (Fsp3) is 0.235. The van der Waals surface area contributed by atoms with Crippen LogP contribution in [0.15, 0.2) is 42.5 Å². The van der Waals surface area contributed by atoms with Crippen LogP contribution >= 0.6 is 0 Å². The van der Waals surface area contributed by atoms with Gasteiger partial charge in [-0.3, -0.25) is 9.59 Å². The highest BCUT2D eigenvalue weighted by molar-refractivity contribution is 6.08. The molecular formula is C17H17NO3. The van der Waals surface area contributed by atoms with Gasteiger partial charge in [-0.25, -0.2) is 4.98 Å². The van der Waals surface area contributed by atoms with E-state index >= 15 is 0 Å². The van der Waals surface area contributed by atoms with Crippen molar-refractivity contribution in [3.8, 4) is 0 Å². The second kappa shape index (κ2) is 6.90. The summed E-state index contributed by atoms with van der Waals surface area (Å²) in [5.74, 6) is -0.368. The summed E-state index contributed by atoms with van der Waals surface area (Å²) in [5.41, 5.74) is 1.79. The van der Waals surface area contributed by atoms with Crippen LogP contribution in [0.2, 0.25) is 0 Å². The number of nitrogens with zero attached hydrogens (tertiary/aromatic N) is 1. The number of hydrogen-bond donors (Lipinski definition) is 0. The Kier molecular flexibility index (Phi) is 4.95. The van der Waals surface area contributed by atoms with Gasteiger partial charge >= 0.3 is 0 Å². The second-order valence-corrected chi connectivity index (χ2v) is 4.64. The number of carbonyl (C=O) groups excluding carboxylic acids is 2. The van der Waals surface area contributed by atoms with Crippen LogP contribution in [0.4, 0.5) is 0 Å². The Morgan fingerprint density at radius 3 is 2.71 bits per heavy atom. The molecule has 0 unspecified atom stereocenters. The molecule has 0 amide bonds. The molecule has 0 fully saturated rings. The van der Waals surface area contributed by atoms with Crippen molar-refractivity contribution in [1.82, 2.24) is 4.98 Å². The topological polar surface area (TPSA) is 56.3 Å². The molecule has 1 aromatic carbocycles. The van der Waals surface area contributed by atoms with E-state index in [1.54, 1.807) is 14.0 Å². The number of rotatable bonds is 6. The van der Waals surface area contributed by atoms with Crippen LogP contribution in [-0.2, 0) is 16.1 Å². The smallest absolute Gasteiger partial charge is 0.204 e. The summed E-state index contributed by atoms with van der Waals surface area (Å²) in [6.07, 6.45) is 2.96. The highest BCUT2D eigenvalue weighted by Crippen LogP contribution is 2.18. The van der Waals surface area contributed by atoms with Crippen molar-refractivity contribution < 1.29 is 14.3 Å². The quantitative estimate of drug-likeness (QED) is 0.604. The number of ether oxygens (including phenoxy) is 1. The first-order valence-corrected chi connectivity index (χ1v) is 6.78. The summed E-state index contributed by atoms with van der Waals surface area (Å²) >= 11 is 0. The van der Waals surface area contributed by atoms with Gasteiger partial charge in [0.1, 0.15) is 5.69 Å². The Labute approximate surface area is 123 Å². The lowest BCUT2D eigenvalue weighted by Gasteiger charge is -2.07. The zero-order valence-corrected chi connectivity index (χ0v) is 12.1. The SMILES string of the molecule is CCC(=O)/C=C/C(=O)c1nc2ccccc2cc1COC.